The summed E-state index contributed by atoms with van der Waals surface area (Å²) < 4.78 is 22.9. The van der Waals surface area contributed by atoms with E-state index in [2.05, 4.69) is 5.32 Å². The summed E-state index contributed by atoms with van der Waals surface area (Å²) in [5.41, 5.74) is 4.59. The van der Waals surface area contributed by atoms with Crippen molar-refractivity contribution < 1.29 is 13.2 Å². The van der Waals surface area contributed by atoms with Crippen LogP contribution in [0.25, 0.3) is 0 Å². The van der Waals surface area contributed by atoms with Crippen LogP contribution >= 0.6 is 0 Å². The van der Waals surface area contributed by atoms with Crippen LogP contribution in [0.15, 0.2) is 0 Å². The molecule has 0 saturated carbocycles. The highest BCUT2D eigenvalue weighted by atomic mass is 32.2. The van der Waals surface area contributed by atoms with Gasteiger partial charge in [-0.25, -0.2) is 8.42 Å². The molecule has 1 heterocycles. The predicted octanol–water partition coefficient (Wildman–Crippen LogP) is -1.04. The molecule has 0 aromatic heterocycles. The molecule has 1 aliphatic rings. The van der Waals surface area contributed by atoms with Gasteiger partial charge in [-0.2, -0.15) is 0 Å². The van der Waals surface area contributed by atoms with Crippen molar-refractivity contribution in [2.45, 2.75) is 31.8 Å². The molecule has 1 saturated heterocycles. The van der Waals surface area contributed by atoms with Crippen LogP contribution in [-0.4, -0.2) is 62.4 Å². The summed E-state index contributed by atoms with van der Waals surface area (Å²) in [6, 6.07) is -0.0210. The van der Waals surface area contributed by atoms with Gasteiger partial charge in [-0.05, 0) is 26.9 Å². The summed E-state index contributed by atoms with van der Waals surface area (Å²) in [6.07, 6.45) is 0.625. The minimum Gasteiger partial charge on any atom is -0.368 e. The smallest absolute Gasteiger partial charge is 0.238 e. The summed E-state index contributed by atoms with van der Waals surface area (Å²) in [6.45, 7) is 4.70. The van der Waals surface area contributed by atoms with Crippen molar-refractivity contribution in [1.29, 1.82) is 0 Å². The first kappa shape index (κ1) is 15.4. The van der Waals surface area contributed by atoms with Crippen LogP contribution in [0.2, 0.25) is 0 Å². The van der Waals surface area contributed by atoms with Gasteiger partial charge < -0.3 is 16.0 Å². The van der Waals surface area contributed by atoms with E-state index in [0.717, 1.165) is 0 Å². The zero-order valence-electron chi connectivity index (χ0n) is 11.3. The number of hydrogen-bond donors (Lipinski definition) is 2. The van der Waals surface area contributed by atoms with Crippen LogP contribution in [0.1, 0.15) is 20.3 Å². The Hall–Kier alpha value is -0.660. The Balaban J connectivity index is 2.68. The molecule has 2 unspecified atom stereocenters. The molecular formula is C11H23N3O3S. The van der Waals surface area contributed by atoms with Gasteiger partial charge in [-0.15, -0.1) is 0 Å². The van der Waals surface area contributed by atoms with Gasteiger partial charge in [-0.1, -0.05) is 6.92 Å². The lowest BCUT2D eigenvalue weighted by molar-refractivity contribution is -0.124. The molecular weight excluding hydrogens is 254 g/mol. The van der Waals surface area contributed by atoms with Crippen molar-refractivity contribution >= 4 is 15.7 Å². The SMILES string of the molecule is CCNC(C)(CN(C)C1CCS(=O)(=O)C1)C(N)=O. The van der Waals surface area contributed by atoms with Crippen molar-refractivity contribution in [3.8, 4) is 0 Å². The van der Waals surface area contributed by atoms with E-state index in [0.29, 0.717) is 19.5 Å². The molecule has 1 fully saturated rings. The lowest BCUT2D eigenvalue weighted by Gasteiger charge is -2.34. The lowest BCUT2D eigenvalue weighted by Crippen LogP contribution is -2.60. The second-order valence-electron chi connectivity index (χ2n) is 5.20. The van der Waals surface area contributed by atoms with Crippen molar-refractivity contribution in [1.82, 2.24) is 10.2 Å². The lowest BCUT2D eigenvalue weighted by atomic mass is 10.00. The third-order valence-electron chi connectivity index (χ3n) is 3.51. The zero-order valence-corrected chi connectivity index (χ0v) is 12.1. The predicted molar refractivity (Wildman–Crippen MR) is 71.0 cm³/mol. The molecule has 1 amide bonds. The van der Waals surface area contributed by atoms with Crippen molar-refractivity contribution in [3.05, 3.63) is 0 Å². The number of nitrogens with zero attached hydrogens (tertiary/aromatic N) is 1. The monoisotopic (exact) mass is 277 g/mol. The summed E-state index contributed by atoms with van der Waals surface area (Å²) in [7, 11) is -1.07. The summed E-state index contributed by atoms with van der Waals surface area (Å²) in [4.78, 5) is 13.4. The Bertz CT molecular complexity index is 410. The fourth-order valence-corrected chi connectivity index (χ4v) is 4.17. The van der Waals surface area contributed by atoms with Crippen LogP contribution in [-0.2, 0) is 14.6 Å². The Kier molecular flexibility index (Phi) is 4.74. The zero-order chi connectivity index (χ0) is 14.0. The number of rotatable bonds is 6. The van der Waals surface area contributed by atoms with E-state index in [1.807, 2.05) is 18.9 Å². The molecule has 0 spiro atoms. The molecule has 106 valence electrons. The molecule has 0 aliphatic carbocycles. The fraction of sp³-hybridized carbons (Fsp3) is 0.909. The van der Waals surface area contributed by atoms with E-state index in [1.54, 1.807) is 6.92 Å². The quantitative estimate of drug-likeness (QED) is 0.647. The van der Waals surface area contributed by atoms with E-state index >= 15 is 0 Å². The standard InChI is InChI=1S/C11H23N3O3S/c1-4-13-11(2,10(12)15)8-14(3)9-5-6-18(16,17)7-9/h9,13H,4-8H2,1-3H3,(H2,12,15). The molecule has 0 aromatic carbocycles. The maximum atomic E-state index is 11.5. The number of primary amides is 1. The molecule has 7 heteroatoms. The Labute approximate surface area is 109 Å². The van der Waals surface area contributed by atoms with E-state index in [4.69, 9.17) is 5.73 Å². The molecule has 2 atom stereocenters. The third kappa shape index (κ3) is 3.66. The maximum Gasteiger partial charge on any atom is 0.238 e. The number of likely N-dealkylation sites (N-methyl/N-ethyl adjacent to an activating group) is 2. The first-order valence-electron chi connectivity index (χ1n) is 6.16. The van der Waals surface area contributed by atoms with Gasteiger partial charge in [0.25, 0.3) is 0 Å². The van der Waals surface area contributed by atoms with Crippen LogP contribution in [0.3, 0.4) is 0 Å². The van der Waals surface area contributed by atoms with E-state index < -0.39 is 21.3 Å². The Morgan fingerprint density at radius 2 is 2.17 bits per heavy atom. The first-order chi connectivity index (χ1) is 8.20. The van der Waals surface area contributed by atoms with Gasteiger partial charge in [0.05, 0.1) is 11.5 Å². The average molecular weight is 277 g/mol. The number of carbonyl (C=O) groups is 1. The summed E-state index contributed by atoms with van der Waals surface area (Å²) in [5, 5.41) is 3.07. The second kappa shape index (κ2) is 5.54. The van der Waals surface area contributed by atoms with Gasteiger partial charge >= 0.3 is 0 Å². The molecule has 6 nitrogen and oxygen atoms in total. The van der Waals surface area contributed by atoms with Crippen LogP contribution < -0.4 is 11.1 Å². The van der Waals surface area contributed by atoms with Crippen LogP contribution in [0.5, 0.6) is 0 Å². The number of carbonyl (C=O) groups excluding carboxylic acids is 1. The number of sulfone groups is 1. The average Bonchev–Trinajstić information content (AvgIpc) is 2.59. The third-order valence-corrected chi connectivity index (χ3v) is 5.26. The van der Waals surface area contributed by atoms with Crippen molar-refractivity contribution in [2.24, 2.45) is 5.73 Å². The molecule has 0 radical (unpaired) electrons. The second-order valence-corrected chi connectivity index (χ2v) is 7.43. The highest BCUT2D eigenvalue weighted by Crippen LogP contribution is 2.18. The molecule has 0 aromatic rings. The van der Waals surface area contributed by atoms with E-state index in [1.165, 1.54) is 0 Å². The van der Waals surface area contributed by atoms with Gasteiger partial charge in [0, 0.05) is 12.6 Å². The Morgan fingerprint density at radius 1 is 1.56 bits per heavy atom. The number of amides is 1. The highest BCUT2D eigenvalue weighted by Gasteiger charge is 2.36. The summed E-state index contributed by atoms with van der Waals surface area (Å²) >= 11 is 0. The van der Waals surface area contributed by atoms with E-state index in [9.17, 15) is 13.2 Å². The number of hydrogen-bond acceptors (Lipinski definition) is 5. The van der Waals surface area contributed by atoms with E-state index in [-0.39, 0.29) is 17.5 Å². The van der Waals surface area contributed by atoms with Crippen molar-refractivity contribution in [3.63, 3.8) is 0 Å². The van der Waals surface area contributed by atoms with Crippen LogP contribution in [0, 0.1) is 0 Å². The summed E-state index contributed by atoms with van der Waals surface area (Å²) in [5.74, 6) is -0.0157. The van der Waals surface area contributed by atoms with Gasteiger partial charge in [0.2, 0.25) is 5.91 Å². The number of nitrogens with one attached hydrogen (secondary N) is 1. The normalized spacial score (nSPS) is 26.1. The molecule has 1 rings (SSSR count). The topological polar surface area (TPSA) is 92.5 Å². The molecule has 3 N–H and O–H groups in total. The van der Waals surface area contributed by atoms with Gasteiger partial charge in [0.1, 0.15) is 5.54 Å². The molecule has 18 heavy (non-hydrogen) atoms. The fourth-order valence-electron chi connectivity index (χ4n) is 2.36. The minimum atomic E-state index is -2.91. The van der Waals surface area contributed by atoms with Gasteiger partial charge in [-0.3, -0.25) is 4.79 Å². The van der Waals surface area contributed by atoms with Crippen LogP contribution in [0.4, 0.5) is 0 Å². The number of nitrogens with two attached hydrogens (primary N) is 1. The van der Waals surface area contributed by atoms with Gasteiger partial charge in [0.15, 0.2) is 9.84 Å². The highest BCUT2D eigenvalue weighted by molar-refractivity contribution is 7.91. The molecule has 0 bridgehead atoms. The maximum absolute atomic E-state index is 11.5. The molecule has 1 aliphatic heterocycles. The largest absolute Gasteiger partial charge is 0.368 e. The van der Waals surface area contributed by atoms with Crippen molar-refractivity contribution in [2.75, 3.05) is 31.6 Å². The first-order valence-corrected chi connectivity index (χ1v) is 7.98. The Morgan fingerprint density at radius 3 is 2.56 bits per heavy atom. The minimum absolute atomic E-state index is 0.0210.